The van der Waals surface area contributed by atoms with Gasteiger partial charge in [-0.15, -0.1) is 0 Å². The highest BCUT2D eigenvalue weighted by atomic mass is 16.5. The van der Waals surface area contributed by atoms with Gasteiger partial charge in [0.1, 0.15) is 11.5 Å². The average molecular weight is 500 g/mol. The first-order valence-corrected chi connectivity index (χ1v) is 12.0. The van der Waals surface area contributed by atoms with E-state index in [0.29, 0.717) is 49.8 Å². The number of carbonyl (C=O) groups excluding carboxylic acids is 4. The second-order valence-electron chi connectivity index (χ2n) is 8.73. The summed E-state index contributed by atoms with van der Waals surface area (Å²) in [4.78, 5) is 56.3. The van der Waals surface area contributed by atoms with Gasteiger partial charge in [-0.05, 0) is 61.5 Å². The van der Waals surface area contributed by atoms with E-state index in [1.54, 1.807) is 58.3 Å². The van der Waals surface area contributed by atoms with Crippen LogP contribution in [0.4, 0.5) is 5.69 Å². The minimum Gasteiger partial charge on any atom is -0.507 e. The Labute approximate surface area is 213 Å². The summed E-state index contributed by atoms with van der Waals surface area (Å²) in [5, 5.41) is 9.97. The number of carbonyl (C=O) groups is 4. The Kier molecular flexibility index (Phi) is 6.35. The molecule has 1 fully saturated rings. The van der Waals surface area contributed by atoms with E-state index in [0.717, 1.165) is 4.90 Å². The Balaban J connectivity index is 1.28. The van der Waals surface area contributed by atoms with Crippen molar-refractivity contribution in [2.24, 2.45) is 0 Å². The molecule has 2 aliphatic rings. The standard InChI is InChI=1S/C28H25N3O6/c1-2-37-20-10-8-19(9-11-20)31-27(35)21-12-7-18(17-23(21)28(31)36)25(33)29-13-15-30(16-14-29)26(34)22-5-3-4-6-24(22)32/h3-12,17,32H,2,13-16H2,1H3. The van der Waals surface area contributed by atoms with Crippen LogP contribution in [0.5, 0.6) is 11.5 Å². The maximum atomic E-state index is 13.2. The molecule has 9 nitrogen and oxygen atoms in total. The molecule has 2 aliphatic heterocycles. The largest absolute Gasteiger partial charge is 0.507 e. The number of phenolic OH excluding ortho intramolecular Hbond substituents is 1. The number of amides is 4. The number of aromatic hydroxyl groups is 1. The molecule has 0 atom stereocenters. The number of hydrogen-bond acceptors (Lipinski definition) is 6. The molecule has 0 unspecified atom stereocenters. The normalized spacial score (nSPS) is 15.1. The minimum atomic E-state index is -0.489. The second kappa shape index (κ2) is 9.77. The quantitative estimate of drug-likeness (QED) is 0.541. The minimum absolute atomic E-state index is 0.0809. The Hall–Kier alpha value is -4.66. The molecular formula is C28H25N3O6. The van der Waals surface area contributed by atoms with Gasteiger partial charge in [0, 0.05) is 31.7 Å². The van der Waals surface area contributed by atoms with Crippen LogP contribution < -0.4 is 9.64 Å². The van der Waals surface area contributed by atoms with E-state index >= 15 is 0 Å². The lowest BCUT2D eigenvalue weighted by molar-refractivity contribution is 0.0533. The molecule has 0 aromatic heterocycles. The Bertz CT molecular complexity index is 1390. The van der Waals surface area contributed by atoms with Gasteiger partial charge in [-0.3, -0.25) is 19.2 Å². The molecular weight excluding hydrogens is 474 g/mol. The van der Waals surface area contributed by atoms with Crippen LogP contribution in [0.1, 0.15) is 48.4 Å². The highest BCUT2D eigenvalue weighted by molar-refractivity contribution is 6.34. The molecule has 188 valence electrons. The number of fused-ring (bicyclic) bond motifs is 1. The molecule has 0 spiro atoms. The molecule has 0 radical (unpaired) electrons. The first-order valence-electron chi connectivity index (χ1n) is 12.0. The lowest BCUT2D eigenvalue weighted by Gasteiger charge is -2.35. The van der Waals surface area contributed by atoms with Crippen molar-refractivity contribution < 1.29 is 29.0 Å². The van der Waals surface area contributed by atoms with Gasteiger partial charge in [-0.25, -0.2) is 4.90 Å². The van der Waals surface area contributed by atoms with Crippen LogP contribution >= 0.6 is 0 Å². The van der Waals surface area contributed by atoms with Gasteiger partial charge < -0.3 is 19.6 Å². The van der Waals surface area contributed by atoms with Crippen LogP contribution in [0.2, 0.25) is 0 Å². The molecule has 9 heteroatoms. The molecule has 1 N–H and O–H groups in total. The molecule has 0 bridgehead atoms. The number of imide groups is 1. The van der Waals surface area contributed by atoms with Gasteiger partial charge in [-0.1, -0.05) is 12.1 Å². The smallest absolute Gasteiger partial charge is 0.266 e. The molecule has 1 saturated heterocycles. The number of anilines is 1. The average Bonchev–Trinajstić information content (AvgIpc) is 3.18. The number of benzene rings is 3. The highest BCUT2D eigenvalue weighted by Gasteiger charge is 2.37. The Morgan fingerprint density at radius 3 is 2.08 bits per heavy atom. The van der Waals surface area contributed by atoms with E-state index in [2.05, 4.69) is 0 Å². The van der Waals surface area contributed by atoms with Gasteiger partial charge in [0.15, 0.2) is 0 Å². The summed E-state index contributed by atoms with van der Waals surface area (Å²) >= 11 is 0. The van der Waals surface area contributed by atoms with Crippen LogP contribution in [-0.2, 0) is 0 Å². The summed E-state index contributed by atoms with van der Waals surface area (Å²) in [6, 6.07) is 17.6. The Morgan fingerprint density at radius 1 is 0.811 bits per heavy atom. The fourth-order valence-corrected chi connectivity index (χ4v) is 4.59. The molecule has 0 aliphatic carbocycles. The number of hydrogen-bond donors (Lipinski definition) is 1. The van der Waals surface area contributed by atoms with Gasteiger partial charge in [0.2, 0.25) is 0 Å². The number of phenols is 1. The maximum absolute atomic E-state index is 13.2. The van der Waals surface area contributed by atoms with E-state index in [1.165, 1.54) is 18.2 Å². The van der Waals surface area contributed by atoms with E-state index < -0.39 is 11.8 Å². The monoisotopic (exact) mass is 499 g/mol. The molecule has 4 amide bonds. The fourth-order valence-electron chi connectivity index (χ4n) is 4.59. The summed E-state index contributed by atoms with van der Waals surface area (Å²) in [7, 11) is 0. The maximum Gasteiger partial charge on any atom is 0.266 e. The third kappa shape index (κ3) is 4.40. The van der Waals surface area contributed by atoms with E-state index in [-0.39, 0.29) is 34.3 Å². The predicted octanol–water partition coefficient (Wildman–Crippen LogP) is 3.19. The fraction of sp³-hybridized carbons (Fsp3) is 0.214. The van der Waals surface area contributed by atoms with Gasteiger partial charge in [0.05, 0.1) is 29.0 Å². The molecule has 3 aromatic rings. The summed E-state index contributed by atoms with van der Waals surface area (Å²) < 4.78 is 5.42. The summed E-state index contributed by atoms with van der Waals surface area (Å²) in [5.41, 5.74) is 1.37. The second-order valence-corrected chi connectivity index (χ2v) is 8.73. The van der Waals surface area contributed by atoms with Crippen molar-refractivity contribution in [3.05, 3.63) is 89.0 Å². The lowest BCUT2D eigenvalue weighted by Crippen LogP contribution is -2.50. The third-order valence-corrected chi connectivity index (χ3v) is 6.53. The zero-order chi connectivity index (χ0) is 26.1. The van der Waals surface area contributed by atoms with Crippen LogP contribution in [-0.4, -0.2) is 71.3 Å². The molecule has 3 aromatic carbocycles. The van der Waals surface area contributed by atoms with Gasteiger partial charge in [-0.2, -0.15) is 0 Å². The first-order chi connectivity index (χ1) is 17.9. The van der Waals surface area contributed by atoms with Crippen molar-refractivity contribution in [2.75, 3.05) is 37.7 Å². The number of ether oxygens (including phenoxy) is 1. The number of nitrogens with zero attached hydrogens (tertiary/aromatic N) is 3. The van der Waals surface area contributed by atoms with Crippen molar-refractivity contribution in [1.82, 2.24) is 9.80 Å². The van der Waals surface area contributed by atoms with E-state index in [9.17, 15) is 24.3 Å². The molecule has 37 heavy (non-hydrogen) atoms. The van der Waals surface area contributed by atoms with Crippen LogP contribution in [0, 0.1) is 0 Å². The van der Waals surface area contributed by atoms with Crippen LogP contribution in [0.25, 0.3) is 0 Å². The summed E-state index contributed by atoms with van der Waals surface area (Å²) in [6.07, 6.45) is 0. The van der Waals surface area contributed by atoms with Crippen molar-refractivity contribution in [2.45, 2.75) is 6.92 Å². The van der Waals surface area contributed by atoms with Crippen molar-refractivity contribution in [3.63, 3.8) is 0 Å². The summed E-state index contributed by atoms with van der Waals surface area (Å²) in [6.45, 7) is 3.61. The van der Waals surface area contributed by atoms with Gasteiger partial charge >= 0.3 is 0 Å². The predicted molar refractivity (Wildman–Crippen MR) is 135 cm³/mol. The van der Waals surface area contributed by atoms with Gasteiger partial charge in [0.25, 0.3) is 23.6 Å². The van der Waals surface area contributed by atoms with Crippen LogP contribution in [0.3, 0.4) is 0 Å². The van der Waals surface area contributed by atoms with Crippen molar-refractivity contribution in [1.29, 1.82) is 0 Å². The third-order valence-electron chi connectivity index (χ3n) is 6.53. The van der Waals surface area contributed by atoms with E-state index in [1.807, 2.05) is 6.92 Å². The Morgan fingerprint density at radius 2 is 1.43 bits per heavy atom. The van der Waals surface area contributed by atoms with Crippen molar-refractivity contribution in [3.8, 4) is 11.5 Å². The van der Waals surface area contributed by atoms with E-state index in [4.69, 9.17) is 4.74 Å². The first kappa shape index (κ1) is 24.1. The number of para-hydroxylation sites is 1. The molecule has 5 rings (SSSR count). The number of rotatable bonds is 5. The van der Waals surface area contributed by atoms with Crippen molar-refractivity contribution >= 4 is 29.3 Å². The van der Waals surface area contributed by atoms with Crippen LogP contribution in [0.15, 0.2) is 66.7 Å². The summed E-state index contributed by atoms with van der Waals surface area (Å²) in [5.74, 6) is -0.949. The zero-order valence-corrected chi connectivity index (χ0v) is 20.2. The SMILES string of the molecule is CCOc1ccc(N2C(=O)c3ccc(C(=O)N4CCN(C(=O)c5ccccc5O)CC4)cc3C2=O)cc1. The highest BCUT2D eigenvalue weighted by Crippen LogP contribution is 2.30. The molecule has 2 heterocycles. The topological polar surface area (TPSA) is 107 Å². The lowest BCUT2D eigenvalue weighted by atomic mass is 10.0. The zero-order valence-electron chi connectivity index (χ0n) is 20.2. The molecule has 0 saturated carbocycles. The number of piperazine rings is 1.